The molecule has 0 saturated heterocycles. The summed E-state index contributed by atoms with van der Waals surface area (Å²) in [6.07, 6.45) is 2.61. The lowest BCUT2D eigenvalue weighted by Gasteiger charge is -2.03. The third-order valence-electron chi connectivity index (χ3n) is 2.24. The Kier molecular flexibility index (Phi) is 2.72. The third-order valence-corrected chi connectivity index (χ3v) is 2.68. The fraction of sp³-hybridized carbons (Fsp3) is 0.200. The lowest BCUT2D eigenvalue weighted by molar-refractivity contribution is 0.141. The number of rotatable bonds is 3. The number of nitrogens with two attached hydrogens (primary N) is 1. The summed E-state index contributed by atoms with van der Waals surface area (Å²) in [5, 5.41) is 1.82. The minimum absolute atomic E-state index is 0.482. The van der Waals surface area contributed by atoms with Crippen molar-refractivity contribution in [3.05, 3.63) is 35.0 Å². The molecule has 0 aliphatic carbocycles. The molecule has 0 saturated carbocycles. The van der Waals surface area contributed by atoms with Crippen molar-refractivity contribution in [1.29, 1.82) is 0 Å². The fourth-order valence-electron chi connectivity index (χ4n) is 1.50. The molecule has 74 valence electrons. The highest BCUT2D eigenvalue weighted by Gasteiger charge is 2.05. The maximum absolute atomic E-state index is 6.20. The summed E-state index contributed by atoms with van der Waals surface area (Å²) in [7, 11) is 0. The van der Waals surface area contributed by atoms with E-state index in [-0.39, 0.29) is 0 Å². The van der Waals surface area contributed by atoms with Crippen LogP contribution in [0.15, 0.2) is 24.4 Å². The summed E-state index contributed by atoms with van der Waals surface area (Å²) in [4.78, 5) is 7.63. The van der Waals surface area contributed by atoms with Crippen molar-refractivity contribution in [3.63, 3.8) is 0 Å². The van der Waals surface area contributed by atoms with Crippen LogP contribution in [0.25, 0.3) is 10.9 Å². The van der Waals surface area contributed by atoms with Gasteiger partial charge in [-0.25, -0.2) is 5.90 Å². The van der Waals surface area contributed by atoms with Crippen molar-refractivity contribution in [3.8, 4) is 0 Å². The second-order valence-electron chi connectivity index (χ2n) is 3.10. The van der Waals surface area contributed by atoms with Crippen LogP contribution in [0.4, 0.5) is 0 Å². The number of nitrogens with one attached hydrogen (secondary N) is 1. The molecule has 1 aromatic heterocycles. The first-order chi connectivity index (χ1) is 6.83. The molecular weight excluding hydrogens is 200 g/mol. The van der Waals surface area contributed by atoms with E-state index < -0.39 is 0 Å². The number of hydrogen-bond acceptors (Lipinski definition) is 2. The van der Waals surface area contributed by atoms with Gasteiger partial charge >= 0.3 is 0 Å². The molecule has 0 spiro atoms. The van der Waals surface area contributed by atoms with Gasteiger partial charge in [-0.2, -0.15) is 0 Å². The third kappa shape index (κ3) is 1.62. The van der Waals surface area contributed by atoms with Crippen molar-refractivity contribution in [1.82, 2.24) is 4.98 Å². The van der Waals surface area contributed by atoms with Crippen molar-refractivity contribution in [2.24, 2.45) is 5.90 Å². The number of fused-ring (bicyclic) bond motifs is 1. The summed E-state index contributed by atoms with van der Waals surface area (Å²) < 4.78 is 0. The van der Waals surface area contributed by atoms with Crippen molar-refractivity contribution < 1.29 is 4.84 Å². The zero-order chi connectivity index (χ0) is 9.97. The highest BCUT2D eigenvalue weighted by atomic mass is 35.5. The first-order valence-corrected chi connectivity index (χ1v) is 4.77. The minimum atomic E-state index is 0.482. The predicted molar refractivity (Wildman–Crippen MR) is 57.2 cm³/mol. The van der Waals surface area contributed by atoms with Gasteiger partial charge in [-0.3, -0.25) is 0 Å². The summed E-state index contributed by atoms with van der Waals surface area (Å²) in [5.74, 6) is 4.97. The van der Waals surface area contributed by atoms with Crippen LogP contribution in [-0.4, -0.2) is 11.6 Å². The minimum Gasteiger partial charge on any atom is -0.361 e. The molecule has 4 heteroatoms. The molecule has 0 fully saturated rings. The van der Waals surface area contributed by atoms with Gasteiger partial charge in [0.25, 0.3) is 0 Å². The van der Waals surface area contributed by atoms with Gasteiger partial charge < -0.3 is 9.82 Å². The molecule has 3 nitrogen and oxygen atoms in total. The lowest BCUT2D eigenvalue weighted by Crippen LogP contribution is -2.03. The van der Waals surface area contributed by atoms with Crippen LogP contribution in [0.2, 0.25) is 5.02 Å². The lowest BCUT2D eigenvalue weighted by atomic mass is 10.1. The normalized spacial score (nSPS) is 11.0. The van der Waals surface area contributed by atoms with Gasteiger partial charge in [-0.05, 0) is 24.1 Å². The SMILES string of the molecule is NOCCc1ccc2[nH]ccc2c1Cl. The van der Waals surface area contributed by atoms with Crippen LogP contribution in [0.1, 0.15) is 5.56 Å². The molecule has 0 aliphatic rings. The molecule has 2 rings (SSSR count). The average Bonchev–Trinajstić information content (AvgIpc) is 2.66. The van der Waals surface area contributed by atoms with Gasteiger partial charge in [0.1, 0.15) is 0 Å². The van der Waals surface area contributed by atoms with E-state index in [2.05, 4.69) is 9.82 Å². The van der Waals surface area contributed by atoms with Gasteiger partial charge in [-0.15, -0.1) is 0 Å². The smallest absolute Gasteiger partial charge is 0.0720 e. The molecule has 0 aliphatic heterocycles. The first-order valence-electron chi connectivity index (χ1n) is 4.39. The Hall–Kier alpha value is -1.03. The van der Waals surface area contributed by atoms with Gasteiger partial charge in [0.05, 0.1) is 11.6 Å². The molecule has 0 atom stereocenters. The summed E-state index contributed by atoms with van der Waals surface area (Å²) in [5.41, 5.74) is 2.11. The maximum atomic E-state index is 6.20. The molecule has 1 heterocycles. The number of aromatic nitrogens is 1. The van der Waals surface area contributed by atoms with E-state index in [0.717, 1.165) is 27.9 Å². The Labute approximate surface area is 86.8 Å². The Bertz CT molecular complexity index is 439. The molecule has 1 aromatic carbocycles. The molecular formula is C10H11ClN2O. The topological polar surface area (TPSA) is 51.0 Å². The first kappa shape index (κ1) is 9.52. The molecule has 0 amide bonds. The molecule has 0 radical (unpaired) electrons. The standard InChI is InChI=1S/C10H11ClN2O/c11-10-7(4-6-14-12)1-2-9-8(10)3-5-13-9/h1-3,5,13H,4,6,12H2. The van der Waals surface area contributed by atoms with Crippen molar-refractivity contribution in [2.75, 3.05) is 6.61 Å². The fourth-order valence-corrected chi connectivity index (χ4v) is 1.83. The van der Waals surface area contributed by atoms with Crippen LogP contribution in [-0.2, 0) is 11.3 Å². The van der Waals surface area contributed by atoms with Crippen LogP contribution in [0.3, 0.4) is 0 Å². The number of H-pyrrole nitrogens is 1. The Morgan fingerprint density at radius 3 is 3.00 bits per heavy atom. The molecule has 0 bridgehead atoms. The zero-order valence-corrected chi connectivity index (χ0v) is 8.34. The number of hydrogen-bond donors (Lipinski definition) is 2. The monoisotopic (exact) mass is 210 g/mol. The van der Waals surface area contributed by atoms with Crippen LogP contribution in [0.5, 0.6) is 0 Å². The van der Waals surface area contributed by atoms with E-state index >= 15 is 0 Å². The largest absolute Gasteiger partial charge is 0.361 e. The molecule has 14 heavy (non-hydrogen) atoms. The summed E-state index contributed by atoms with van der Waals surface area (Å²) in [6.45, 7) is 0.482. The van der Waals surface area contributed by atoms with Crippen molar-refractivity contribution >= 4 is 22.5 Å². The van der Waals surface area contributed by atoms with Gasteiger partial charge in [0.15, 0.2) is 0 Å². The highest BCUT2D eigenvalue weighted by Crippen LogP contribution is 2.26. The Morgan fingerprint density at radius 1 is 1.36 bits per heavy atom. The molecule has 2 aromatic rings. The van der Waals surface area contributed by atoms with E-state index in [1.165, 1.54) is 0 Å². The summed E-state index contributed by atoms with van der Waals surface area (Å²) in [6, 6.07) is 5.96. The predicted octanol–water partition coefficient (Wildman–Crippen LogP) is 2.25. The maximum Gasteiger partial charge on any atom is 0.0720 e. The second kappa shape index (κ2) is 4.00. The van der Waals surface area contributed by atoms with Crippen molar-refractivity contribution in [2.45, 2.75) is 6.42 Å². The Morgan fingerprint density at radius 2 is 2.21 bits per heavy atom. The summed E-state index contributed by atoms with van der Waals surface area (Å²) >= 11 is 6.20. The number of halogens is 1. The molecule has 0 unspecified atom stereocenters. The Balaban J connectivity index is 2.40. The van der Waals surface area contributed by atoms with Gasteiger partial charge in [0, 0.05) is 17.1 Å². The van der Waals surface area contributed by atoms with Gasteiger partial charge in [0.2, 0.25) is 0 Å². The van der Waals surface area contributed by atoms with Crippen LogP contribution >= 0.6 is 11.6 Å². The van der Waals surface area contributed by atoms with E-state index in [4.69, 9.17) is 17.5 Å². The highest BCUT2D eigenvalue weighted by molar-refractivity contribution is 6.36. The van der Waals surface area contributed by atoms with Crippen LogP contribution in [0, 0.1) is 0 Å². The van der Waals surface area contributed by atoms with E-state index in [1.807, 2.05) is 24.4 Å². The number of aromatic amines is 1. The quantitative estimate of drug-likeness (QED) is 0.764. The van der Waals surface area contributed by atoms with E-state index in [0.29, 0.717) is 6.61 Å². The van der Waals surface area contributed by atoms with E-state index in [1.54, 1.807) is 0 Å². The average molecular weight is 211 g/mol. The van der Waals surface area contributed by atoms with Crippen LogP contribution < -0.4 is 5.90 Å². The van der Waals surface area contributed by atoms with E-state index in [9.17, 15) is 0 Å². The van der Waals surface area contributed by atoms with Gasteiger partial charge in [-0.1, -0.05) is 17.7 Å². The second-order valence-corrected chi connectivity index (χ2v) is 3.48. The number of benzene rings is 1. The zero-order valence-electron chi connectivity index (χ0n) is 7.59. The molecule has 3 N–H and O–H groups in total.